The van der Waals surface area contributed by atoms with E-state index in [4.69, 9.17) is 9.47 Å². The molecule has 1 saturated heterocycles. The van der Waals surface area contributed by atoms with Crippen molar-refractivity contribution in [3.05, 3.63) is 0 Å². The molecule has 3 heteroatoms. The lowest BCUT2D eigenvalue weighted by atomic mass is 10.1. The number of hydrogen-bond donors (Lipinski definition) is 1. The van der Waals surface area contributed by atoms with E-state index >= 15 is 0 Å². The van der Waals surface area contributed by atoms with Gasteiger partial charge in [-0.25, -0.2) is 0 Å². The molecule has 1 atom stereocenters. The lowest BCUT2D eigenvalue weighted by Crippen LogP contribution is -2.41. The van der Waals surface area contributed by atoms with Gasteiger partial charge in [-0.3, -0.25) is 0 Å². The molecule has 0 amide bonds. The first kappa shape index (κ1) is 12.9. The molecule has 90 valence electrons. The molecule has 0 bridgehead atoms. The Labute approximate surface area is 93.5 Å². The molecule has 3 nitrogen and oxygen atoms in total. The number of nitrogens with one attached hydrogen (secondary N) is 1. The lowest BCUT2D eigenvalue weighted by molar-refractivity contribution is -0.0871. The second kappa shape index (κ2) is 8.08. The third kappa shape index (κ3) is 5.50. The summed E-state index contributed by atoms with van der Waals surface area (Å²) >= 11 is 0. The predicted octanol–water partition coefficient (Wildman–Crippen LogP) is 1.96. The highest BCUT2D eigenvalue weighted by Crippen LogP contribution is 2.06. The van der Waals surface area contributed by atoms with Gasteiger partial charge >= 0.3 is 0 Å². The van der Waals surface area contributed by atoms with E-state index in [0.29, 0.717) is 6.04 Å². The van der Waals surface area contributed by atoms with Gasteiger partial charge in [0.15, 0.2) is 0 Å². The van der Waals surface area contributed by atoms with E-state index < -0.39 is 0 Å². The normalized spacial score (nSPS) is 22.2. The third-order valence-electron chi connectivity index (χ3n) is 2.79. The van der Waals surface area contributed by atoms with Gasteiger partial charge in [0.25, 0.3) is 0 Å². The van der Waals surface area contributed by atoms with Crippen LogP contribution in [0, 0.1) is 0 Å². The molecule has 15 heavy (non-hydrogen) atoms. The van der Waals surface area contributed by atoms with Gasteiger partial charge in [-0.15, -0.1) is 0 Å². The molecule has 1 aliphatic rings. The third-order valence-corrected chi connectivity index (χ3v) is 2.79. The fourth-order valence-corrected chi connectivity index (χ4v) is 2.00. The highest BCUT2D eigenvalue weighted by molar-refractivity contribution is 4.70. The molecule has 1 unspecified atom stereocenters. The van der Waals surface area contributed by atoms with Crippen molar-refractivity contribution in [2.45, 2.75) is 51.7 Å². The summed E-state index contributed by atoms with van der Waals surface area (Å²) in [6, 6.07) is 0.658. The summed E-state index contributed by atoms with van der Waals surface area (Å²) in [6.07, 6.45) is 5.29. The van der Waals surface area contributed by atoms with Gasteiger partial charge in [-0.05, 0) is 12.8 Å². The van der Waals surface area contributed by atoms with Gasteiger partial charge in [0.05, 0.1) is 25.9 Å². The molecule has 0 aliphatic carbocycles. The maximum Gasteiger partial charge on any atom is 0.0933 e. The number of hydrogen-bond acceptors (Lipinski definition) is 3. The molecule has 0 saturated carbocycles. The van der Waals surface area contributed by atoms with Gasteiger partial charge in [0, 0.05) is 12.6 Å². The van der Waals surface area contributed by atoms with Crippen LogP contribution in [0.5, 0.6) is 0 Å². The van der Waals surface area contributed by atoms with E-state index in [1.54, 1.807) is 0 Å². The molecule has 0 aromatic carbocycles. The van der Waals surface area contributed by atoms with Crippen molar-refractivity contribution in [3.63, 3.8) is 0 Å². The molecular formula is C12H25NO2. The zero-order chi connectivity index (χ0) is 10.9. The Morgan fingerprint density at radius 2 is 1.93 bits per heavy atom. The van der Waals surface area contributed by atoms with E-state index in [-0.39, 0.29) is 6.10 Å². The Balaban J connectivity index is 2.13. The summed E-state index contributed by atoms with van der Waals surface area (Å²) < 4.78 is 11.0. The molecule has 1 fully saturated rings. The van der Waals surface area contributed by atoms with Crippen LogP contribution in [0.15, 0.2) is 0 Å². The Morgan fingerprint density at radius 3 is 2.47 bits per heavy atom. The summed E-state index contributed by atoms with van der Waals surface area (Å²) in [5.74, 6) is 0. The monoisotopic (exact) mass is 215 g/mol. The largest absolute Gasteiger partial charge is 0.376 e. The van der Waals surface area contributed by atoms with Crippen LogP contribution >= 0.6 is 0 Å². The smallest absolute Gasteiger partial charge is 0.0933 e. The Hall–Kier alpha value is -0.120. The highest BCUT2D eigenvalue weighted by atomic mass is 16.6. The summed E-state index contributed by atoms with van der Waals surface area (Å²) in [4.78, 5) is 0. The second-order valence-electron chi connectivity index (χ2n) is 4.25. The van der Waals surface area contributed by atoms with Crippen LogP contribution in [0.25, 0.3) is 0 Å². The summed E-state index contributed by atoms with van der Waals surface area (Å²) in [6.45, 7) is 7.67. The second-order valence-corrected chi connectivity index (χ2v) is 4.25. The van der Waals surface area contributed by atoms with Crippen LogP contribution in [-0.4, -0.2) is 38.5 Å². The van der Waals surface area contributed by atoms with Gasteiger partial charge in [-0.1, -0.05) is 26.7 Å². The van der Waals surface area contributed by atoms with Crippen LogP contribution < -0.4 is 5.32 Å². The van der Waals surface area contributed by atoms with Crippen molar-refractivity contribution in [1.29, 1.82) is 0 Å². The topological polar surface area (TPSA) is 30.5 Å². The minimum Gasteiger partial charge on any atom is -0.376 e. The number of rotatable bonds is 7. The van der Waals surface area contributed by atoms with E-state index in [1.165, 1.54) is 25.7 Å². The molecule has 0 radical (unpaired) electrons. The molecular weight excluding hydrogens is 190 g/mol. The molecule has 1 aliphatic heterocycles. The average Bonchev–Trinajstić information content (AvgIpc) is 2.28. The van der Waals surface area contributed by atoms with E-state index in [0.717, 1.165) is 26.4 Å². The minimum atomic E-state index is 0.259. The molecule has 0 aromatic heterocycles. The van der Waals surface area contributed by atoms with Crippen molar-refractivity contribution >= 4 is 0 Å². The Morgan fingerprint density at radius 1 is 1.20 bits per heavy atom. The van der Waals surface area contributed by atoms with Crippen LogP contribution in [0.3, 0.4) is 0 Å². The van der Waals surface area contributed by atoms with Gasteiger partial charge in [0.1, 0.15) is 0 Å². The summed E-state index contributed by atoms with van der Waals surface area (Å²) in [5.41, 5.74) is 0. The summed E-state index contributed by atoms with van der Waals surface area (Å²) in [5, 5.41) is 3.59. The molecule has 0 aromatic rings. The standard InChI is InChI=1S/C12H25NO2/c1-3-5-11(6-4-2)13-9-12-10-14-7-8-15-12/h11-13H,3-10H2,1-2H3. The first-order chi connectivity index (χ1) is 7.36. The Bertz CT molecular complexity index is 141. The molecule has 1 heterocycles. The molecule has 0 spiro atoms. The minimum absolute atomic E-state index is 0.259. The van der Waals surface area contributed by atoms with Gasteiger partial charge < -0.3 is 14.8 Å². The van der Waals surface area contributed by atoms with Crippen molar-refractivity contribution in [2.24, 2.45) is 0 Å². The van der Waals surface area contributed by atoms with Crippen LogP contribution in [0.4, 0.5) is 0 Å². The quantitative estimate of drug-likeness (QED) is 0.704. The van der Waals surface area contributed by atoms with E-state index in [9.17, 15) is 0 Å². The fraction of sp³-hybridized carbons (Fsp3) is 1.00. The number of ether oxygens (including phenoxy) is 2. The first-order valence-corrected chi connectivity index (χ1v) is 6.29. The van der Waals surface area contributed by atoms with Crippen LogP contribution in [-0.2, 0) is 9.47 Å². The average molecular weight is 215 g/mol. The maximum atomic E-state index is 5.60. The van der Waals surface area contributed by atoms with Crippen molar-refractivity contribution in [1.82, 2.24) is 5.32 Å². The van der Waals surface area contributed by atoms with Gasteiger partial charge in [0.2, 0.25) is 0 Å². The first-order valence-electron chi connectivity index (χ1n) is 6.29. The van der Waals surface area contributed by atoms with Crippen LogP contribution in [0.2, 0.25) is 0 Å². The SMILES string of the molecule is CCCC(CCC)NCC1COCCO1. The predicted molar refractivity (Wildman–Crippen MR) is 62.2 cm³/mol. The van der Waals surface area contributed by atoms with Crippen molar-refractivity contribution < 1.29 is 9.47 Å². The van der Waals surface area contributed by atoms with Crippen molar-refractivity contribution in [2.75, 3.05) is 26.4 Å². The maximum absolute atomic E-state index is 5.60. The zero-order valence-corrected chi connectivity index (χ0v) is 10.1. The molecule has 1 N–H and O–H groups in total. The van der Waals surface area contributed by atoms with Crippen molar-refractivity contribution in [3.8, 4) is 0 Å². The fourth-order valence-electron chi connectivity index (χ4n) is 2.00. The lowest BCUT2D eigenvalue weighted by Gasteiger charge is -2.26. The van der Waals surface area contributed by atoms with Crippen LogP contribution in [0.1, 0.15) is 39.5 Å². The summed E-state index contributed by atoms with van der Waals surface area (Å²) in [7, 11) is 0. The van der Waals surface area contributed by atoms with E-state index in [2.05, 4.69) is 19.2 Å². The van der Waals surface area contributed by atoms with Gasteiger partial charge in [-0.2, -0.15) is 0 Å². The van der Waals surface area contributed by atoms with E-state index in [1.807, 2.05) is 0 Å². The molecule has 1 rings (SSSR count). The Kier molecular flexibility index (Phi) is 6.98. The zero-order valence-electron chi connectivity index (χ0n) is 10.1. The highest BCUT2D eigenvalue weighted by Gasteiger charge is 2.15.